The van der Waals surface area contributed by atoms with Gasteiger partial charge in [-0.15, -0.1) is 0 Å². The van der Waals surface area contributed by atoms with E-state index in [1.54, 1.807) is 0 Å². The van der Waals surface area contributed by atoms with E-state index in [2.05, 4.69) is 10.3 Å². The summed E-state index contributed by atoms with van der Waals surface area (Å²) < 4.78 is 0. The highest BCUT2D eigenvalue weighted by Crippen LogP contribution is 2.04. The molecule has 0 atom stereocenters. The van der Waals surface area contributed by atoms with E-state index in [1.807, 2.05) is 0 Å². The van der Waals surface area contributed by atoms with Crippen LogP contribution in [0.15, 0.2) is 4.99 Å². The Balaban J connectivity index is 1.95. The first-order valence-electron chi connectivity index (χ1n) is 5.41. The molecule has 0 fully saturated rings. The summed E-state index contributed by atoms with van der Waals surface area (Å²) in [5, 5.41) is 3.34. The number of hydrogen-bond acceptors (Lipinski definition) is 3. The average Bonchev–Trinajstić information content (AvgIpc) is 2.19. The van der Waals surface area contributed by atoms with E-state index < -0.39 is 0 Å². The lowest BCUT2D eigenvalue weighted by atomic mass is 10.1. The summed E-state index contributed by atoms with van der Waals surface area (Å²) in [4.78, 5) is 4.43. The van der Waals surface area contributed by atoms with Crippen LogP contribution in [0, 0.1) is 0 Å². The molecule has 0 aliphatic carbocycles. The molecule has 0 saturated carbocycles. The van der Waals surface area contributed by atoms with Gasteiger partial charge in [-0.25, -0.2) is 0 Å². The van der Waals surface area contributed by atoms with Gasteiger partial charge in [0.25, 0.3) is 0 Å². The number of unbranched alkanes of at least 4 members (excludes halogenated alkanes) is 3. The van der Waals surface area contributed by atoms with Crippen LogP contribution in [0.2, 0.25) is 0 Å². The number of hydrogen-bond donors (Lipinski definition) is 2. The van der Waals surface area contributed by atoms with Crippen molar-refractivity contribution in [1.82, 2.24) is 5.32 Å². The molecule has 0 amide bonds. The molecule has 0 aromatic heterocycles. The number of nitrogens with one attached hydrogen (secondary N) is 1. The predicted molar refractivity (Wildman–Crippen MR) is 57.1 cm³/mol. The molecule has 1 aliphatic heterocycles. The second kappa shape index (κ2) is 6.89. The Morgan fingerprint density at radius 2 is 2.08 bits per heavy atom. The van der Waals surface area contributed by atoms with Gasteiger partial charge in [-0.05, 0) is 25.8 Å². The molecule has 0 saturated heterocycles. The van der Waals surface area contributed by atoms with Gasteiger partial charge < -0.3 is 11.1 Å². The van der Waals surface area contributed by atoms with Crippen LogP contribution in [0.25, 0.3) is 0 Å². The molecular weight excluding hydrogens is 162 g/mol. The van der Waals surface area contributed by atoms with Crippen LogP contribution in [-0.4, -0.2) is 25.5 Å². The van der Waals surface area contributed by atoms with Gasteiger partial charge in [0, 0.05) is 19.5 Å². The first-order valence-corrected chi connectivity index (χ1v) is 5.41. The maximum Gasteiger partial charge on any atom is 0.0963 e. The lowest BCUT2D eigenvalue weighted by molar-refractivity contribution is 0.644. The van der Waals surface area contributed by atoms with E-state index in [0.717, 1.165) is 26.1 Å². The fourth-order valence-corrected chi connectivity index (χ4v) is 1.54. The molecule has 0 aromatic rings. The van der Waals surface area contributed by atoms with Crippen molar-refractivity contribution in [1.29, 1.82) is 0 Å². The van der Waals surface area contributed by atoms with Crippen molar-refractivity contribution in [2.75, 3.05) is 19.6 Å². The van der Waals surface area contributed by atoms with Gasteiger partial charge in [0.05, 0.1) is 5.84 Å². The lowest BCUT2D eigenvalue weighted by Crippen LogP contribution is -2.29. The maximum absolute atomic E-state index is 5.42. The van der Waals surface area contributed by atoms with E-state index in [1.165, 1.54) is 37.9 Å². The number of nitrogens with zero attached hydrogens (tertiary/aromatic N) is 1. The van der Waals surface area contributed by atoms with E-state index >= 15 is 0 Å². The van der Waals surface area contributed by atoms with E-state index in [0.29, 0.717) is 0 Å². The van der Waals surface area contributed by atoms with Crippen LogP contribution in [0.4, 0.5) is 0 Å². The third-order valence-electron chi connectivity index (χ3n) is 2.33. The zero-order chi connectivity index (χ0) is 9.36. The molecule has 1 rings (SSSR count). The number of nitrogens with two attached hydrogens (primary N) is 1. The van der Waals surface area contributed by atoms with Crippen molar-refractivity contribution in [2.24, 2.45) is 10.7 Å². The highest BCUT2D eigenvalue weighted by atomic mass is 15.0. The van der Waals surface area contributed by atoms with Crippen LogP contribution in [0.3, 0.4) is 0 Å². The normalized spacial score (nSPS) is 16.5. The Hall–Kier alpha value is -0.570. The standard InChI is InChI=1S/C10H21N3/c11-7-4-2-1-3-6-10-12-8-5-9-13-10/h1-9,11H2,(H,12,13). The summed E-state index contributed by atoms with van der Waals surface area (Å²) >= 11 is 0. The molecular formula is C10H21N3. The molecule has 3 N–H and O–H groups in total. The van der Waals surface area contributed by atoms with Gasteiger partial charge in [-0.1, -0.05) is 12.8 Å². The number of amidine groups is 1. The lowest BCUT2D eigenvalue weighted by Gasteiger charge is -2.13. The summed E-state index contributed by atoms with van der Waals surface area (Å²) in [5.74, 6) is 1.22. The van der Waals surface area contributed by atoms with Gasteiger partial charge in [0.15, 0.2) is 0 Å². The summed E-state index contributed by atoms with van der Waals surface area (Å²) in [6.07, 6.45) is 7.30. The number of aliphatic imine (C=N–C) groups is 1. The molecule has 0 bridgehead atoms. The van der Waals surface area contributed by atoms with E-state index in [9.17, 15) is 0 Å². The minimum Gasteiger partial charge on any atom is -0.374 e. The van der Waals surface area contributed by atoms with Crippen LogP contribution < -0.4 is 11.1 Å². The van der Waals surface area contributed by atoms with Gasteiger partial charge in [0.1, 0.15) is 0 Å². The zero-order valence-electron chi connectivity index (χ0n) is 8.39. The zero-order valence-corrected chi connectivity index (χ0v) is 8.39. The molecule has 0 radical (unpaired) electrons. The van der Waals surface area contributed by atoms with Crippen LogP contribution in [0.5, 0.6) is 0 Å². The van der Waals surface area contributed by atoms with Gasteiger partial charge in [0.2, 0.25) is 0 Å². The van der Waals surface area contributed by atoms with Gasteiger partial charge in [-0.2, -0.15) is 0 Å². The fraction of sp³-hybridized carbons (Fsp3) is 0.900. The molecule has 0 unspecified atom stereocenters. The SMILES string of the molecule is NCCCCCCC1=NCCCN1. The summed E-state index contributed by atoms with van der Waals surface area (Å²) in [6.45, 7) is 2.96. The molecule has 13 heavy (non-hydrogen) atoms. The fourth-order valence-electron chi connectivity index (χ4n) is 1.54. The van der Waals surface area contributed by atoms with Crippen molar-refractivity contribution in [3.05, 3.63) is 0 Å². The molecule has 0 spiro atoms. The van der Waals surface area contributed by atoms with Crippen molar-refractivity contribution in [3.8, 4) is 0 Å². The minimum atomic E-state index is 0.833. The Morgan fingerprint density at radius 3 is 2.77 bits per heavy atom. The topological polar surface area (TPSA) is 50.4 Å². The second-order valence-electron chi connectivity index (χ2n) is 3.56. The highest BCUT2D eigenvalue weighted by Gasteiger charge is 2.02. The van der Waals surface area contributed by atoms with Crippen molar-refractivity contribution in [3.63, 3.8) is 0 Å². The number of rotatable bonds is 6. The molecule has 3 nitrogen and oxygen atoms in total. The van der Waals surface area contributed by atoms with Crippen LogP contribution in [0.1, 0.15) is 38.5 Å². The Kier molecular flexibility index (Phi) is 5.57. The molecule has 3 heteroatoms. The third-order valence-corrected chi connectivity index (χ3v) is 2.33. The third kappa shape index (κ3) is 4.88. The Morgan fingerprint density at radius 1 is 1.23 bits per heavy atom. The largest absolute Gasteiger partial charge is 0.374 e. The van der Waals surface area contributed by atoms with E-state index in [4.69, 9.17) is 5.73 Å². The highest BCUT2D eigenvalue weighted by molar-refractivity contribution is 5.82. The van der Waals surface area contributed by atoms with Gasteiger partial charge in [-0.3, -0.25) is 4.99 Å². The summed E-state index contributed by atoms with van der Waals surface area (Å²) in [5.41, 5.74) is 5.42. The van der Waals surface area contributed by atoms with Crippen molar-refractivity contribution >= 4 is 5.84 Å². The van der Waals surface area contributed by atoms with Crippen LogP contribution >= 0.6 is 0 Å². The van der Waals surface area contributed by atoms with Crippen molar-refractivity contribution < 1.29 is 0 Å². The molecule has 76 valence electrons. The Labute approximate surface area is 80.8 Å². The Bertz CT molecular complexity index is 154. The van der Waals surface area contributed by atoms with Crippen LogP contribution in [-0.2, 0) is 0 Å². The summed E-state index contributed by atoms with van der Waals surface area (Å²) in [7, 11) is 0. The monoisotopic (exact) mass is 183 g/mol. The van der Waals surface area contributed by atoms with Crippen molar-refractivity contribution in [2.45, 2.75) is 38.5 Å². The molecule has 1 heterocycles. The predicted octanol–water partition coefficient (Wildman–Crippen LogP) is 1.29. The first kappa shape index (κ1) is 10.5. The quantitative estimate of drug-likeness (QED) is 0.610. The van der Waals surface area contributed by atoms with Gasteiger partial charge >= 0.3 is 0 Å². The first-order chi connectivity index (χ1) is 6.43. The van der Waals surface area contributed by atoms with E-state index in [-0.39, 0.29) is 0 Å². The average molecular weight is 183 g/mol. The molecule has 0 aromatic carbocycles. The summed E-state index contributed by atoms with van der Waals surface area (Å²) in [6, 6.07) is 0. The smallest absolute Gasteiger partial charge is 0.0963 e. The minimum absolute atomic E-state index is 0.833. The molecule has 1 aliphatic rings. The second-order valence-corrected chi connectivity index (χ2v) is 3.56. The maximum atomic E-state index is 5.42.